The highest BCUT2D eigenvalue weighted by Crippen LogP contribution is 2.27. The summed E-state index contributed by atoms with van der Waals surface area (Å²) in [4.78, 5) is 5.33. The van der Waals surface area contributed by atoms with E-state index in [0.717, 1.165) is 16.1 Å². The summed E-state index contributed by atoms with van der Waals surface area (Å²) in [6.45, 7) is 8.98. The molecule has 0 aliphatic heterocycles. The lowest BCUT2D eigenvalue weighted by molar-refractivity contribution is 0.625. The molecule has 2 aromatic carbocycles. The van der Waals surface area contributed by atoms with Gasteiger partial charge in [-0.3, -0.25) is 4.99 Å². The Hall–Kier alpha value is -2.53. The van der Waals surface area contributed by atoms with E-state index in [2.05, 4.69) is 48.4 Å². The standard InChI is InChI=1S/C21H22FN3S/c1-5-23-21-25(24-12-17-8-6-7-9-19(17)22)20(13-26-21)18-11-15(3)14(2)10-16(18)4/h6-13H,5H2,1-4H3. The van der Waals surface area contributed by atoms with E-state index in [1.165, 1.54) is 22.8 Å². The van der Waals surface area contributed by atoms with Gasteiger partial charge in [0.05, 0.1) is 11.9 Å². The molecule has 5 heteroatoms. The van der Waals surface area contributed by atoms with Crippen LogP contribution in [-0.4, -0.2) is 17.4 Å². The number of nitrogens with zero attached hydrogens (tertiary/aromatic N) is 3. The number of rotatable bonds is 4. The highest BCUT2D eigenvalue weighted by atomic mass is 32.1. The zero-order valence-corrected chi connectivity index (χ0v) is 16.3. The lowest BCUT2D eigenvalue weighted by atomic mass is 9.99. The molecule has 0 radical (unpaired) electrons. The average Bonchev–Trinajstić information content (AvgIpc) is 3.00. The van der Waals surface area contributed by atoms with Gasteiger partial charge in [-0.2, -0.15) is 5.10 Å². The summed E-state index contributed by atoms with van der Waals surface area (Å²) in [7, 11) is 0. The third-order valence-corrected chi connectivity index (χ3v) is 5.17. The molecule has 0 atom stereocenters. The first kappa shape index (κ1) is 18.3. The van der Waals surface area contributed by atoms with E-state index in [4.69, 9.17) is 0 Å². The molecular weight excluding hydrogens is 345 g/mol. The number of aromatic nitrogens is 1. The van der Waals surface area contributed by atoms with Crippen LogP contribution in [0.5, 0.6) is 0 Å². The second-order valence-electron chi connectivity index (χ2n) is 6.21. The van der Waals surface area contributed by atoms with Gasteiger partial charge in [-0.15, -0.1) is 11.3 Å². The first-order chi connectivity index (χ1) is 12.5. The molecule has 134 valence electrons. The Morgan fingerprint density at radius 2 is 1.81 bits per heavy atom. The maximum Gasteiger partial charge on any atom is 0.206 e. The third-order valence-electron chi connectivity index (χ3n) is 4.31. The van der Waals surface area contributed by atoms with Crippen molar-refractivity contribution in [2.45, 2.75) is 27.7 Å². The first-order valence-electron chi connectivity index (χ1n) is 8.59. The molecule has 0 aliphatic carbocycles. The summed E-state index contributed by atoms with van der Waals surface area (Å²) in [6, 6.07) is 11.0. The Bertz CT molecular complexity index is 1030. The molecule has 3 rings (SSSR count). The van der Waals surface area contributed by atoms with Crippen LogP contribution < -0.4 is 4.80 Å². The van der Waals surface area contributed by atoms with Gasteiger partial charge in [-0.25, -0.2) is 9.07 Å². The van der Waals surface area contributed by atoms with Crippen molar-refractivity contribution in [1.29, 1.82) is 0 Å². The van der Waals surface area contributed by atoms with Crippen molar-refractivity contribution in [1.82, 2.24) is 4.68 Å². The van der Waals surface area contributed by atoms with Gasteiger partial charge in [-0.1, -0.05) is 24.3 Å². The maximum absolute atomic E-state index is 13.9. The second-order valence-corrected chi connectivity index (χ2v) is 7.04. The van der Waals surface area contributed by atoms with E-state index < -0.39 is 0 Å². The van der Waals surface area contributed by atoms with Crippen LogP contribution in [0.15, 0.2) is 51.9 Å². The van der Waals surface area contributed by atoms with Crippen LogP contribution in [0, 0.1) is 26.6 Å². The Kier molecular flexibility index (Phi) is 5.47. The molecule has 1 heterocycles. The lowest BCUT2D eigenvalue weighted by Gasteiger charge is -2.10. The van der Waals surface area contributed by atoms with E-state index in [1.54, 1.807) is 40.4 Å². The number of hydrogen-bond donors (Lipinski definition) is 0. The Balaban J connectivity index is 2.16. The topological polar surface area (TPSA) is 29.6 Å². The molecule has 0 unspecified atom stereocenters. The molecule has 0 fully saturated rings. The largest absolute Gasteiger partial charge is 0.258 e. The maximum atomic E-state index is 13.9. The highest BCUT2D eigenvalue weighted by molar-refractivity contribution is 7.07. The summed E-state index contributed by atoms with van der Waals surface area (Å²) in [6.07, 6.45) is 1.55. The summed E-state index contributed by atoms with van der Waals surface area (Å²) in [5, 5.41) is 6.61. The SMILES string of the molecule is CCN=c1scc(-c2cc(C)c(C)cc2C)n1N=Cc1ccccc1F. The normalized spacial score (nSPS) is 12.3. The second kappa shape index (κ2) is 7.79. The van der Waals surface area contributed by atoms with Gasteiger partial charge < -0.3 is 0 Å². The fourth-order valence-electron chi connectivity index (χ4n) is 2.78. The van der Waals surface area contributed by atoms with Crippen molar-refractivity contribution in [2.75, 3.05) is 6.54 Å². The zero-order chi connectivity index (χ0) is 18.7. The zero-order valence-electron chi connectivity index (χ0n) is 15.5. The Labute approximate surface area is 157 Å². The van der Waals surface area contributed by atoms with Crippen LogP contribution in [0.2, 0.25) is 0 Å². The van der Waals surface area contributed by atoms with Crippen LogP contribution in [0.3, 0.4) is 0 Å². The van der Waals surface area contributed by atoms with Crippen molar-refractivity contribution >= 4 is 17.6 Å². The molecule has 0 spiro atoms. The first-order valence-corrected chi connectivity index (χ1v) is 9.47. The van der Waals surface area contributed by atoms with Gasteiger partial charge in [0.15, 0.2) is 0 Å². The Morgan fingerprint density at radius 1 is 1.08 bits per heavy atom. The van der Waals surface area contributed by atoms with Crippen molar-refractivity contribution in [3.8, 4) is 11.3 Å². The molecule has 0 saturated carbocycles. The van der Waals surface area contributed by atoms with Crippen molar-refractivity contribution in [3.05, 3.63) is 74.7 Å². The summed E-state index contributed by atoms with van der Waals surface area (Å²) < 4.78 is 15.7. The fraction of sp³-hybridized carbons (Fsp3) is 0.238. The Morgan fingerprint density at radius 3 is 2.54 bits per heavy atom. The highest BCUT2D eigenvalue weighted by Gasteiger charge is 2.11. The molecular formula is C21H22FN3S. The monoisotopic (exact) mass is 367 g/mol. The van der Waals surface area contributed by atoms with E-state index in [-0.39, 0.29) is 5.82 Å². The molecule has 3 nitrogen and oxygen atoms in total. The minimum Gasteiger partial charge on any atom is -0.258 e. The number of hydrogen-bond acceptors (Lipinski definition) is 3. The molecule has 0 saturated heterocycles. The predicted octanol–water partition coefficient (Wildman–Crippen LogP) is 5.08. The van der Waals surface area contributed by atoms with E-state index in [1.807, 2.05) is 6.92 Å². The van der Waals surface area contributed by atoms with Gasteiger partial charge in [-0.05, 0) is 56.5 Å². The van der Waals surface area contributed by atoms with Gasteiger partial charge in [0.1, 0.15) is 5.82 Å². The molecule has 3 aromatic rings. The smallest absolute Gasteiger partial charge is 0.206 e. The molecule has 0 amide bonds. The average molecular weight is 367 g/mol. The molecule has 0 N–H and O–H groups in total. The van der Waals surface area contributed by atoms with E-state index in [9.17, 15) is 4.39 Å². The van der Waals surface area contributed by atoms with Gasteiger partial charge in [0, 0.05) is 23.1 Å². The summed E-state index contributed by atoms with van der Waals surface area (Å²) in [5.41, 5.74) is 6.22. The van der Waals surface area contributed by atoms with Gasteiger partial charge in [0.2, 0.25) is 4.80 Å². The minimum atomic E-state index is -0.287. The van der Waals surface area contributed by atoms with Crippen molar-refractivity contribution in [2.24, 2.45) is 10.1 Å². The minimum absolute atomic E-state index is 0.287. The quantitative estimate of drug-likeness (QED) is 0.575. The summed E-state index contributed by atoms with van der Waals surface area (Å²) >= 11 is 1.54. The summed E-state index contributed by atoms with van der Waals surface area (Å²) in [5.74, 6) is -0.287. The van der Waals surface area contributed by atoms with Crippen LogP contribution in [0.25, 0.3) is 11.3 Å². The van der Waals surface area contributed by atoms with Crippen molar-refractivity contribution in [3.63, 3.8) is 0 Å². The van der Waals surface area contributed by atoms with Crippen LogP contribution in [0.4, 0.5) is 4.39 Å². The molecule has 0 bridgehead atoms. The van der Waals surface area contributed by atoms with E-state index in [0.29, 0.717) is 12.1 Å². The van der Waals surface area contributed by atoms with Crippen LogP contribution in [0.1, 0.15) is 29.2 Å². The predicted molar refractivity (Wildman–Crippen MR) is 107 cm³/mol. The van der Waals surface area contributed by atoms with Crippen LogP contribution in [-0.2, 0) is 0 Å². The van der Waals surface area contributed by atoms with Gasteiger partial charge in [0.25, 0.3) is 0 Å². The van der Waals surface area contributed by atoms with Gasteiger partial charge >= 0.3 is 0 Å². The van der Waals surface area contributed by atoms with E-state index >= 15 is 0 Å². The molecule has 0 aliphatic rings. The lowest BCUT2D eigenvalue weighted by Crippen LogP contribution is -2.13. The number of thiazole rings is 1. The molecule has 1 aromatic heterocycles. The number of benzene rings is 2. The fourth-order valence-corrected chi connectivity index (χ4v) is 3.67. The molecule has 26 heavy (non-hydrogen) atoms. The number of halogens is 1. The van der Waals surface area contributed by atoms with Crippen molar-refractivity contribution < 1.29 is 4.39 Å². The van der Waals surface area contributed by atoms with Crippen LogP contribution >= 0.6 is 11.3 Å². The number of aryl methyl sites for hydroxylation is 3. The third kappa shape index (κ3) is 3.68.